The van der Waals surface area contributed by atoms with Crippen molar-refractivity contribution in [3.8, 4) is 0 Å². The SMILES string of the molecule is CCn1c([C@@H]2CCN(C(=O)c3ccccc3C)C2)nc2ccncc21. The van der Waals surface area contributed by atoms with Gasteiger partial charge < -0.3 is 9.47 Å². The van der Waals surface area contributed by atoms with E-state index in [1.807, 2.05) is 48.4 Å². The minimum atomic E-state index is 0.126. The second-order valence-electron chi connectivity index (χ2n) is 6.63. The molecule has 0 unspecified atom stereocenters. The van der Waals surface area contributed by atoms with E-state index in [-0.39, 0.29) is 11.8 Å². The van der Waals surface area contributed by atoms with Crippen LogP contribution in [0.15, 0.2) is 42.7 Å². The van der Waals surface area contributed by atoms with Crippen molar-refractivity contribution in [2.45, 2.75) is 32.7 Å². The van der Waals surface area contributed by atoms with Crippen LogP contribution < -0.4 is 0 Å². The van der Waals surface area contributed by atoms with Gasteiger partial charge in [-0.2, -0.15) is 0 Å². The van der Waals surface area contributed by atoms with Gasteiger partial charge in [0.05, 0.1) is 17.2 Å². The maximum atomic E-state index is 12.9. The Morgan fingerprint density at radius 3 is 2.92 bits per heavy atom. The molecule has 25 heavy (non-hydrogen) atoms. The highest BCUT2D eigenvalue weighted by Gasteiger charge is 2.31. The van der Waals surface area contributed by atoms with E-state index >= 15 is 0 Å². The molecule has 1 aromatic carbocycles. The number of amides is 1. The first-order chi connectivity index (χ1) is 12.2. The van der Waals surface area contributed by atoms with Gasteiger partial charge in [-0.05, 0) is 38.0 Å². The summed E-state index contributed by atoms with van der Waals surface area (Å²) in [5, 5.41) is 0. The summed E-state index contributed by atoms with van der Waals surface area (Å²) in [5.41, 5.74) is 3.89. The fourth-order valence-electron chi connectivity index (χ4n) is 3.77. The summed E-state index contributed by atoms with van der Waals surface area (Å²) in [7, 11) is 0. The maximum absolute atomic E-state index is 12.9. The van der Waals surface area contributed by atoms with E-state index in [1.165, 1.54) is 0 Å². The first-order valence-electron chi connectivity index (χ1n) is 8.84. The third-order valence-corrected chi connectivity index (χ3v) is 5.11. The van der Waals surface area contributed by atoms with Gasteiger partial charge in [-0.15, -0.1) is 0 Å². The lowest BCUT2D eigenvalue weighted by Crippen LogP contribution is -2.29. The van der Waals surface area contributed by atoms with Crippen LogP contribution in [-0.4, -0.2) is 38.4 Å². The lowest BCUT2D eigenvalue weighted by Gasteiger charge is -2.18. The van der Waals surface area contributed by atoms with Crippen molar-refractivity contribution in [1.29, 1.82) is 0 Å². The zero-order valence-electron chi connectivity index (χ0n) is 14.6. The number of hydrogen-bond donors (Lipinski definition) is 0. The highest BCUT2D eigenvalue weighted by Crippen LogP contribution is 2.30. The highest BCUT2D eigenvalue weighted by atomic mass is 16.2. The number of likely N-dealkylation sites (tertiary alicyclic amines) is 1. The number of aromatic nitrogens is 3. The van der Waals surface area contributed by atoms with Crippen LogP contribution in [0.25, 0.3) is 11.0 Å². The van der Waals surface area contributed by atoms with E-state index in [2.05, 4.69) is 16.5 Å². The van der Waals surface area contributed by atoms with Gasteiger partial charge in [-0.1, -0.05) is 18.2 Å². The minimum absolute atomic E-state index is 0.126. The van der Waals surface area contributed by atoms with Gasteiger partial charge in [0, 0.05) is 37.3 Å². The van der Waals surface area contributed by atoms with Gasteiger partial charge in [-0.25, -0.2) is 4.98 Å². The van der Waals surface area contributed by atoms with E-state index in [0.29, 0.717) is 0 Å². The molecule has 1 saturated heterocycles. The van der Waals surface area contributed by atoms with Crippen molar-refractivity contribution >= 4 is 16.9 Å². The third-order valence-electron chi connectivity index (χ3n) is 5.11. The van der Waals surface area contributed by atoms with Crippen molar-refractivity contribution in [2.24, 2.45) is 0 Å². The van der Waals surface area contributed by atoms with Crippen molar-refractivity contribution < 1.29 is 4.79 Å². The van der Waals surface area contributed by atoms with Crippen molar-refractivity contribution in [2.75, 3.05) is 13.1 Å². The Morgan fingerprint density at radius 2 is 2.12 bits per heavy atom. The molecular weight excluding hydrogens is 312 g/mol. The Morgan fingerprint density at radius 1 is 1.28 bits per heavy atom. The number of aryl methyl sites for hydroxylation is 2. The van der Waals surface area contributed by atoms with Gasteiger partial charge >= 0.3 is 0 Å². The molecule has 128 valence electrons. The number of fused-ring (bicyclic) bond motifs is 1. The molecule has 0 bridgehead atoms. The van der Waals surface area contributed by atoms with Crippen LogP contribution in [0.3, 0.4) is 0 Å². The molecule has 0 N–H and O–H groups in total. The Labute approximate surface area is 147 Å². The van der Waals surface area contributed by atoms with Crippen LogP contribution in [0.1, 0.15) is 41.0 Å². The number of carbonyl (C=O) groups is 1. The van der Waals surface area contributed by atoms with E-state index in [4.69, 9.17) is 4.98 Å². The molecule has 0 aliphatic carbocycles. The molecule has 0 radical (unpaired) electrons. The molecule has 2 aromatic heterocycles. The van der Waals surface area contributed by atoms with E-state index in [9.17, 15) is 4.79 Å². The molecule has 1 amide bonds. The number of imidazole rings is 1. The summed E-state index contributed by atoms with van der Waals surface area (Å²) in [6.07, 6.45) is 4.61. The number of pyridine rings is 1. The Kier molecular flexibility index (Phi) is 3.99. The molecule has 5 heteroatoms. The minimum Gasteiger partial charge on any atom is -0.338 e. The zero-order valence-corrected chi connectivity index (χ0v) is 14.6. The number of hydrogen-bond acceptors (Lipinski definition) is 3. The fourth-order valence-corrected chi connectivity index (χ4v) is 3.77. The fraction of sp³-hybridized carbons (Fsp3) is 0.350. The van der Waals surface area contributed by atoms with E-state index in [0.717, 1.165) is 54.0 Å². The second-order valence-corrected chi connectivity index (χ2v) is 6.63. The molecule has 1 aliphatic rings. The van der Waals surface area contributed by atoms with Gasteiger partial charge in [0.1, 0.15) is 5.82 Å². The predicted octanol–water partition coefficient (Wildman–Crippen LogP) is 3.39. The van der Waals surface area contributed by atoms with Crippen LogP contribution in [0.2, 0.25) is 0 Å². The zero-order chi connectivity index (χ0) is 17.4. The molecule has 0 spiro atoms. The van der Waals surface area contributed by atoms with Crippen LogP contribution in [0, 0.1) is 6.92 Å². The quantitative estimate of drug-likeness (QED) is 0.738. The summed E-state index contributed by atoms with van der Waals surface area (Å²) in [4.78, 5) is 23.9. The summed E-state index contributed by atoms with van der Waals surface area (Å²) in [5.74, 6) is 1.48. The predicted molar refractivity (Wildman–Crippen MR) is 97.6 cm³/mol. The number of rotatable bonds is 3. The van der Waals surface area contributed by atoms with Crippen LogP contribution in [0.5, 0.6) is 0 Å². The summed E-state index contributed by atoms with van der Waals surface area (Å²) >= 11 is 0. The maximum Gasteiger partial charge on any atom is 0.254 e. The Balaban J connectivity index is 1.61. The van der Waals surface area contributed by atoms with Gasteiger partial charge in [0.2, 0.25) is 0 Å². The Bertz CT molecular complexity index is 930. The average molecular weight is 334 g/mol. The van der Waals surface area contributed by atoms with Crippen LogP contribution in [0.4, 0.5) is 0 Å². The molecule has 5 nitrogen and oxygen atoms in total. The van der Waals surface area contributed by atoms with Crippen molar-refractivity contribution in [3.05, 3.63) is 59.7 Å². The third kappa shape index (κ3) is 2.69. The summed E-state index contributed by atoms with van der Waals surface area (Å²) in [6, 6.07) is 9.76. The molecular formula is C20H22N4O. The smallest absolute Gasteiger partial charge is 0.254 e. The number of nitrogens with zero attached hydrogens (tertiary/aromatic N) is 4. The van der Waals surface area contributed by atoms with E-state index < -0.39 is 0 Å². The Hall–Kier alpha value is -2.69. The lowest BCUT2D eigenvalue weighted by molar-refractivity contribution is 0.0789. The van der Waals surface area contributed by atoms with Gasteiger partial charge in [0.25, 0.3) is 5.91 Å². The van der Waals surface area contributed by atoms with Crippen LogP contribution >= 0.6 is 0 Å². The molecule has 3 heterocycles. The molecule has 1 atom stereocenters. The molecule has 0 saturated carbocycles. The molecule has 1 fully saturated rings. The standard InChI is InChI=1S/C20H22N4O/c1-3-24-18-12-21-10-8-17(18)22-19(24)15-9-11-23(13-15)20(25)16-7-5-4-6-14(16)2/h4-8,10,12,15H,3,9,11,13H2,1-2H3/t15-/m1/s1. The molecule has 3 aromatic rings. The van der Waals surface area contributed by atoms with Gasteiger partial charge in [0.15, 0.2) is 0 Å². The summed E-state index contributed by atoms with van der Waals surface area (Å²) in [6.45, 7) is 6.49. The monoisotopic (exact) mass is 334 g/mol. The molecule has 4 rings (SSSR count). The van der Waals surface area contributed by atoms with Crippen LogP contribution in [-0.2, 0) is 6.54 Å². The number of carbonyl (C=O) groups excluding carboxylic acids is 1. The summed E-state index contributed by atoms with van der Waals surface area (Å²) < 4.78 is 2.23. The highest BCUT2D eigenvalue weighted by molar-refractivity contribution is 5.95. The van der Waals surface area contributed by atoms with E-state index in [1.54, 1.807) is 6.20 Å². The first kappa shape index (κ1) is 15.8. The first-order valence-corrected chi connectivity index (χ1v) is 8.84. The largest absolute Gasteiger partial charge is 0.338 e. The molecule has 1 aliphatic heterocycles. The van der Waals surface area contributed by atoms with Crippen molar-refractivity contribution in [3.63, 3.8) is 0 Å². The van der Waals surface area contributed by atoms with Gasteiger partial charge in [-0.3, -0.25) is 9.78 Å². The number of benzene rings is 1. The topological polar surface area (TPSA) is 51.0 Å². The lowest BCUT2D eigenvalue weighted by atomic mass is 10.1. The second kappa shape index (κ2) is 6.31. The average Bonchev–Trinajstić information content (AvgIpc) is 3.26. The normalized spacial score (nSPS) is 17.4. The van der Waals surface area contributed by atoms with Crippen molar-refractivity contribution in [1.82, 2.24) is 19.4 Å².